The van der Waals surface area contributed by atoms with Crippen molar-refractivity contribution < 1.29 is 0 Å². The van der Waals surface area contributed by atoms with Gasteiger partial charge < -0.3 is 4.90 Å². The Bertz CT molecular complexity index is 560. The van der Waals surface area contributed by atoms with Gasteiger partial charge in [0.2, 0.25) is 0 Å². The Morgan fingerprint density at radius 3 is 2.76 bits per heavy atom. The predicted octanol–water partition coefficient (Wildman–Crippen LogP) is 0.706. The molecule has 1 fully saturated rings. The smallest absolute Gasteiger partial charge is 0.131 e. The first-order valence-corrected chi connectivity index (χ1v) is 7.29. The molecule has 0 bridgehead atoms. The van der Waals surface area contributed by atoms with Crippen molar-refractivity contribution in [2.24, 2.45) is 7.05 Å². The zero-order valence-electron chi connectivity index (χ0n) is 12.6. The second-order valence-corrected chi connectivity index (χ2v) is 5.51. The minimum atomic E-state index is 0.540. The van der Waals surface area contributed by atoms with E-state index < -0.39 is 0 Å². The van der Waals surface area contributed by atoms with E-state index in [1.807, 2.05) is 19.3 Å². The number of hydrogen-bond acceptors (Lipinski definition) is 6. The Balaban J connectivity index is 1.53. The third kappa shape index (κ3) is 3.36. The van der Waals surface area contributed by atoms with Crippen molar-refractivity contribution >= 4 is 5.82 Å². The van der Waals surface area contributed by atoms with Crippen LogP contribution in [0.15, 0.2) is 24.8 Å². The second kappa shape index (κ2) is 6.17. The largest absolute Gasteiger partial charge is 0.356 e. The average molecular weight is 287 g/mol. The molecule has 0 spiro atoms. The third-order valence-corrected chi connectivity index (χ3v) is 4.07. The summed E-state index contributed by atoms with van der Waals surface area (Å²) in [4.78, 5) is 14.6. The maximum absolute atomic E-state index is 4.34. The highest BCUT2D eigenvalue weighted by Crippen LogP contribution is 2.20. The van der Waals surface area contributed by atoms with Crippen LogP contribution in [0.1, 0.15) is 18.5 Å². The molecule has 2 aromatic heterocycles. The van der Waals surface area contributed by atoms with Crippen molar-refractivity contribution in [1.82, 2.24) is 29.9 Å². The summed E-state index contributed by atoms with van der Waals surface area (Å²) in [6.45, 7) is 3.05. The molecule has 0 radical (unpaired) electrons. The van der Waals surface area contributed by atoms with Crippen LogP contribution in [0.3, 0.4) is 0 Å². The van der Waals surface area contributed by atoms with E-state index in [2.05, 4.69) is 37.0 Å². The number of rotatable bonds is 4. The van der Waals surface area contributed by atoms with E-state index in [0.29, 0.717) is 6.04 Å². The van der Waals surface area contributed by atoms with E-state index in [4.69, 9.17) is 0 Å². The molecule has 1 aliphatic rings. The molecule has 21 heavy (non-hydrogen) atoms. The zero-order chi connectivity index (χ0) is 14.7. The summed E-state index contributed by atoms with van der Waals surface area (Å²) in [5, 5.41) is 8.46. The van der Waals surface area contributed by atoms with E-state index in [1.54, 1.807) is 17.3 Å². The summed E-state index contributed by atoms with van der Waals surface area (Å²) >= 11 is 0. The van der Waals surface area contributed by atoms with Gasteiger partial charge in [0.25, 0.3) is 0 Å². The van der Waals surface area contributed by atoms with Gasteiger partial charge in [0.1, 0.15) is 12.1 Å². The highest BCUT2D eigenvalue weighted by Gasteiger charge is 2.23. The number of piperidine rings is 1. The fourth-order valence-corrected chi connectivity index (χ4v) is 2.83. The van der Waals surface area contributed by atoms with Gasteiger partial charge in [0, 0.05) is 46.0 Å². The van der Waals surface area contributed by atoms with Crippen molar-refractivity contribution in [1.29, 1.82) is 0 Å². The molecule has 0 N–H and O–H groups in total. The molecule has 0 unspecified atom stereocenters. The monoisotopic (exact) mass is 287 g/mol. The maximum Gasteiger partial charge on any atom is 0.131 e. The lowest BCUT2D eigenvalue weighted by molar-refractivity contribution is 0.200. The molecule has 0 aliphatic carbocycles. The molecule has 7 heteroatoms. The number of hydrogen-bond donors (Lipinski definition) is 0. The molecule has 7 nitrogen and oxygen atoms in total. The van der Waals surface area contributed by atoms with Gasteiger partial charge in [0.05, 0.1) is 11.9 Å². The number of aromatic nitrogens is 5. The molecule has 0 aromatic carbocycles. The molecular formula is C14H21N7. The van der Waals surface area contributed by atoms with E-state index in [1.165, 1.54) is 0 Å². The lowest BCUT2D eigenvalue weighted by Crippen LogP contribution is -2.43. The molecule has 3 heterocycles. The SMILES string of the molecule is CN(c1ccncn1)C1CCN(Cc2cnn(C)n2)CC1. The number of aryl methyl sites for hydroxylation is 1. The van der Waals surface area contributed by atoms with Crippen LogP contribution in [0, 0.1) is 0 Å². The fraction of sp³-hybridized carbons (Fsp3) is 0.571. The van der Waals surface area contributed by atoms with Crippen molar-refractivity contribution in [3.8, 4) is 0 Å². The Kier molecular flexibility index (Phi) is 4.10. The number of anilines is 1. The van der Waals surface area contributed by atoms with Gasteiger partial charge >= 0.3 is 0 Å². The van der Waals surface area contributed by atoms with E-state index >= 15 is 0 Å². The Morgan fingerprint density at radius 2 is 2.14 bits per heavy atom. The minimum absolute atomic E-state index is 0.540. The van der Waals surface area contributed by atoms with E-state index in [-0.39, 0.29) is 0 Å². The standard InChI is InChI=1S/C14H21N7/c1-19(14-3-6-15-11-16-14)13-4-7-21(8-5-13)10-12-9-17-20(2)18-12/h3,6,9,11,13H,4-5,7-8,10H2,1-2H3. The first-order chi connectivity index (χ1) is 10.2. The lowest BCUT2D eigenvalue weighted by Gasteiger charge is -2.36. The average Bonchev–Trinajstić information content (AvgIpc) is 2.93. The van der Waals surface area contributed by atoms with Crippen LogP contribution in [0.25, 0.3) is 0 Å². The van der Waals surface area contributed by atoms with Gasteiger partial charge in [0.15, 0.2) is 0 Å². The van der Waals surface area contributed by atoms with Crippen molar-refractivity contribution in [2.45, 2.75) is 25.4 Å². The third-order valence-electron chi connectivity index (χ3n) is 4.07. The number of likely N-dealkylation sites (tertiary alicyclic amines) is 1. The van der Waals surface area contributed by atoms with E-state index in [9.17, 15) is 0 Å². The zero-order valence-corrected chi connectivity index (χ0v) is 12.6. The summed E-state index contributed by atoms with van der Waals surface area (Å²) in [5.74, 6) is 0.998. The van der Waals surface area contributed by atoms with Gasteiger partial charge in [-0.05, 0) is 18.9 Å². The summed E-state index contributed by atoms with van der Waals surface area (Å²) in [5.41, 5.74) is 1.04. The molecular weight excluding hydrogens is 266 g/mol. The van der Waals surface area contributed by atoms with Crippen molar-refractivity contribution in [3.05, 3.63) is 30.5 Å². The molecule has 1 aliphatic heterocycles. The van der Waals surface area contributed by atoms with Gasteiger partial charge in [-0.25, -0.2) is 9.97 Å². The van der Waals surface area contributed by atoms with Gasteiger partial charge in [-0.3, -0.25) is 4.90 Å². The summed E-state index contributed by atoms with van der Waals surface area (Å²) in [7, 11) is 3.97. The van der Waals surface area contributed by atoms with Crippen LogP contribution in [-0.4, -0.2) is 56.0 Å². The van der Waals surface area contributed by atoms with Crippen LogP contribution >= 0.6 is 0 Å². The molecule has 0 saturated carbocycles. The molecule has 2 aromatic rings. The van der Waals surface area contributed by atoms with Crippen LogP contribution < -0.4 is 4.90 Å². The van der Waals surface area contributed by atoms with Crippen LogP contribution in [0.4, 0.5) is 5.82 Å². The highest BCUT2D eigenvalue weighted by molar-refractivity contribution is 5.36. The lowest BCUT2D eigenvalue weighted by atomic mass is 10.0. The quantitative estimate of drug-likeness (QED) is 0.825. The molecule has 112 valence electrons. The van der Waals surface area contributed by atoms with Crippen LogP contribution in [0.2, 0.25) is 0 Å². The Hall–Kier alpha value is -2.02. The molecule has 1 saturated heterocycles. The van der Waals surface area contributed by atoms with Gasteiger partial charge in [-0.1, -0.05) is 0 Å². The van der Waals surface area contributed by atoms with Gasteiger partial charge in [-0.2, -0.15) is 15.0 Å². The highest BCUT2D eigenvalue weighted by atomic mass is 15.5. The molecule has 0 amide bonds. The predicted molar refractivity (Wildman–Crippen MR) is 79.7 cm³/mol. The summed E-state index contributed by atoms with van der Waals surface area (Å²) in [6, 6.07) is 2.50. The first kappa shape index (κ1) is 13.9. The molecule has 0 atom stereocenters. The van der Waals surface area contributed by atoms with Crippen LogP contribution in [0.5, 0.6) is 0 Å². The maximum atomic E-state index is 4.34. The first-order valence-electron chi connectivity index (χ1n) is 7.29. The second-order valence-electron chi connectivity index (χ2n) is 5.51. The van der Waals surface area contributed by atoms with Crippen LogP contribution in [-0.2, 0) is 13.6 Å². The Labute approximate surface area is 124 Å². The summed E-state index contributed by atoms with van der Waals surface area (Å²) < 4.78 is 0. The fourth-order valence-electron chi connectivity index (χ4n) is 2.83. The Morgan fingerprint density at radius 1 is 1.33 bits per heavy atom. The van der Waals surface area contributed by atoms with Gasteiger partial charge in [-0.15, -0.1) is 0 Å². The van der Waals surface area contributed by atoms with Crippen molar-refractivity contribution in [2.75, 3.05) is 25.0 Å². The van der Waals surface area contributed by atoms with E-state index in [0.717, 1.165) is 44.0 Å². The summed E-state index contributed by atoms with van der Waals surface area (Å²) in [6.07, 6.45) is 7.53. The number of nitrogens with zero attached hydrogens (tertiary/aromatic N) is 7. The topological polar surface area (TPSA) is 63.0 Å². The molecule has 3 rings (SSSR count). The minimum Gasteiger partial charge on any atom is -0.356 e. The van der Waals surface area contributed by atoms with Crippen molar-refractivity contribution in [3.63, 3.8) is 0 Å². The normalized spacial score (nSPS) is 17.0.